The van der Waals surface area contributed by atoms with Crippen LogP contribution in [0, 0.1) is 0 Å². The maximum atomic E-state index is 12.4. The van der Waals surface area contributed by atoms with Gasteiger partial charge in [0.1, 0.15) is 6.10 Å². The molecule has 3 N–H and O–H groups in total. The molecule has 2 aliphatic heterocycles. The molecule has 1 aromatic carbocycles. The number of hydrogen-bond acceptors (Lipinski definition) is 4. The van der Waals surface area contributed by atoms with E-state index in [1.165, 1.54) is 6.42 Å². The average Bonchev–Trinajstić information content (AvgIpc) is 3.16. The lowest BCUT2D eigenvalue weighted by molar-refractivity contribution is -0.132. The van der Waals surface area contributed by atoms with E-state index in [-0.39, 0.29) is 30.3 Å². The van der Waals surface area contributed by atoms with Gasteiger partial charge >= 0.3 is 0 Å². The molecule has 144 valence electrons. The van der Waals surface area contributed by atoms with Crippen LogP contribution < -0.4 is 11.1 Å². The molecule has 2 heterocycles. The largest absolute Gasteiger partial charge is 0.364 e. The van der Waals surface area contributed by atoms with E-state index in [4.69, 9.17) is 10.5 Å². The van der Waals surface area contributed by atoms with Crippen molar-refractivity contribution in [1.29, 1.82) is 0 Å². The third kappa shape index (κ3) is 5.19. The van der Waals surface area contributed by atoms with E-state index in [1.54, 1.807) is 0 Å². The topological polar surface area (TPSA) is 84.7 Å². The van der Waals surface area contributed by atoms with Gasteiger partial charge in [0.15, 0.2) is 0 Å². The van der Waals surface area contributed by atoms with Gasteiger partial charge in [-0.25, -0.2) is 0 Å². The Morgan fingerprint density at radius 2 is 1.81 bits per heavy atom. The van der Waals surface area contributed by atoms with Crippen LogP contribution in [0.25, 0.3) is 0 Å². The molecular formula is C19H28ClN3O3. The van der Waals surface area contributed by atoms with Gasteiger partial charge in [-0.2, -0.15) is 0 Å². The van der Waals surface area contributed by atoms with Crippen LogP contribution in [0.5, 0.6) is 0 Å². The van der Waals surface area contributed by atoms with Gasteiger partial charge < -0.3 is 20.7 Å². The quantitative estimate of drug-likeness (QED) is 0.815. The highest BCUT2D eigenvalue weighted by Gasteiger charge is 2.29. The highest BCUT2D eigenvalue weighted by atomic mass is 35.5. The molecule has 26 heavy (non-hydrogen) atoms. The van der Waals surface area contributed by atoms with Crippen molar-refractivity contribution in [3.05, 3.63) is 35.4 Å². The molecule has 1 aromatic rings. The van der Waals surface area contributed by atoms with Gasteiger partial charge in [-0.1, -0.05) is 12.1 Å². The van der Waals surface area contributed by atoms with E-state index < -0.39 is 6.10 Å². The summed E-state index contributed by atoms with van der Waals surface area (Å²) in [5.41, 5.74) is 7.25. The van der Waals surface area contributed by atoms with Gasteiger partial charge in [-0.3, -0.25) is 9.59 Å². The standard InChI is InChI=1S/C19H27N3O3.ClH/c20-12-16-8-9-17(25-16)18(23)21-13-14-4-6-15(7-5-14)19(24)22-10-2-1-3-11-22;/h4-7,16-17H,1-3,8-13,20H2,(H,21,23);1H/t16-,17+;/m1./s1. The van der Waals surface area contributed by atoms with Crippen molar-refractivity contribution in [2.45, 2.75) is 50.9 Å². The molecule has 6 nitrogen and oxygen atoms in total. The van der Waals surface area contributed by atoms with Gasteiger partial charge in [0.25, 0.3) is 5.91 Å². The summed E-state index contributed by atoms with van der Waals surface area (Å²) in [5, 5.41) is 2.90. The van der Waals surface area contributed by atoms with Gasteiger partial charge in [0.05, 0.1) is 6.10 Å². The fourth-order valence-electron chi connectivity index (χ4n) is 3.42. The zero-order chi connectivity index (χ0) is 17.6. The maximum absolute atomic E-state index is 12.4. The van der Waals surface area contributed by atoms with Crippen LogP contribution in [0.15, 0.2) is 24.3 Å². The molecule has 2 amide bonds. The average molecular weight is 382 g/mol. The number of nitrogens with two attached hydrogens (primary N) is 1. The molecule has 0 bridgehead atoms. The third-order valence-corrected chi connectivity index (χ3v) is 4.97. The Hall–Kier alpha value is -1.63. The van der Waals surface area contributed by atoms with Crippen molar-refractivity contribution >= 4 is 24.2 Å². The molecule has 0 radical (unpaired) electrons. The van der Waals surface area contributed by atoms with Crippen LogP contribution in [0.2, 0.25) is 0 Å². The number of amides is 2. The summed E-state index contributed by atoms with van der Waals surface area (Å²) in [5.74, 6) is 0.00638. The van der Waals surface area contributed by atoms with Crippen LogP contribution >= 0.6 is 12.4 Å². The fourth-order valence-corrected chi connectivity index (χ4v) is 3.42. The van der Waals surface area contributed by atoms with Crippen LogP contribution in [0.3, 0.4) is 0 Å². The Labute approximate surface area is 160 Å². The van der Waals surface area contributed by atoms with Gasteiger partial charge in [0, 0.05) is 31.7 Å². The number of nitrogens with zero attached hydrogens (tertiary/aromatic N) is 1. The van der Waals surface area contributed by atoms with Gasteiger partial charge in [0.2, 0.25) is 5.91 Å². The summed E-state index contributed by atoms with van der Waals surface area (Å²) in [6.45, 7) is 2.59. The van der Waals surface area contributed by atoms with Crippen molar-refractivity contribution in [3.63, 3.8) is 0 Å². The first-order chi connectivity index (χ1) is 12.2. The van der Waals surface area contributed by atoms with Crippen LogP contribution in [0.4, 0.5) is 0 Å². The number of likely N-dealkylation sites (tertiary alicyclic amines) is 1. The minimum Gasteiger partial charge on any atom is -0.364 e. The summed E-state index contributed by atoms with van der Waals surface area (Å²) in [7, 11) is 0. The maximum Gasteiger partial charge on any atom is 0.253 e. The van der Waals surface area contributed by atoms with E-state index >= 15 is 0 Å². The summed E-state index contributed by atoms with van der Waals surface area (Å²) in [6.07, 6.45) is 4.54. The van der Waals surface area contributed by atoms with Gasteiger partial charge in [-0.15, -0.1) is 12.4 Å². The summed E-state index contributed by atoms with van der Waals surface area (Å²) in [4.78, 5) is 26.5. The lowest BCUT2D eigenvalue weighted by atomic mass is 10.1. The number of carbonyl (C=O) groups excluding carboxylic acids is 2. The normalized spacial score (nSPS) is 22.6. The molecule has 2 atom stereocenters. The minimum absolute atomic E-state index is 0. The number of carbonyl (C=O) groups is 2. The summed E-state index contributed by atoms with van der Waals surface area (Å²) < 4.78 is 5.59. The lowest BCUT2D eigenvalue weighted by Gasteiger charge is -2.26. The van der Waals surface area contributed by atoms with E-state index in [2.05, 4.69) is 5.32 Å². The SMILES string of the molecule is Cl.NC[C@H]1CC[C@@H](C(=O)NCc2ccc(C(=O)N3CCCCC3)cc2)O1. The van der Waals surface area contributed by atoms with Gasteiger partial charge in [-0.05, 0) is 49.8 Å². The summed E-state index contributed by atoms with van der Waals surface area (Å²) >= 11 is 0. The second-order valence-corrected chi connectivity index (χ2v) is 6.83. The monoisotopic (exact) mass is 381 g/mol. The second-order valence-electron chi connectivity index (χ2n) is 6.83. The van der Waals surface area contributed by atoms with Crippen LogP contribution in [-0.2, 0) is 16.1 Å². The van der Waals surface area contributed by atoms with E-state index in [0.717, 1.165) is 44.3 Å². The van der Waals surface area contributed by atoms with E-state index in [1.807, 2.05) is 29.2 Å². The predicted octanol–water partition coefficient (Wildman–Crippen LogP) is 1.86. The first kappa shape index (κ1) is 20.7. The Balaban J connectivity index is 0.00000243. The molecule has 0 aliphatic carbocycles. The lowest BCUT2D eigenvalue weighted by Crippen LogP contribution is -2.35. The zero-order valence-corrected chi connectivity index (χ0v) is 15.8. The molecule has 2 aliphatic rings. The van der Waals surface area contributed by atoms with Crippen molar-refractivity contribution < 1.29 is 14.3 Å². The second kappa shape index (κ2) is 9.90. The Morgan fingerprint density at radius 3 is 2.42 bits per heavy atom. The zero-order valence-electron chi connectivity index (χ0n) is 15.0. The molecule has 0 aromatic heterocycles. The van der Waals surface area contributed by atoms with Crippen molar-refractivity contribution in [2.75, 3.05) is 19.6 Å². The third-order valence-electron chi connectivity index (χ3n) is 4.97. The van der Waals surface area contributed by atoms with Crippen molar-refractivity contribution in [2.24, 2.45) is 5.73 Å². The molecular weight excluding hydrogens is 354 g/mol. The number of piperidine rings is 1. The number of benzene rings is 1. The minimum atomic E-state index is -0.395. The highest BCUT2D eigenvalue weighted by Crippen LogP contribution is 2.19. The van der Waals surface area contributed by atoms with E-state index in [9.17, 15) is 9.59 Å². The summed E-state index contributed by atoms with van der Waals surface area (Å²) in [6, 6.07) is 7.48. The molecule has 2 saturated heterocycles. The Kier molecular flexibility index (Phi) is 7.87. The van der Waals surface area contributed by atoms with Crippen molar-refractivity contribution in [3.8, 4) is 0 Å². The fraction of sp³-hybridized carbons (Fsp3) is 0.579. The smallest absolute Gasteiger partial charge is 0.253 e. The molecule has 2 fully saturated rings. The highest BCUT2D eigenvalue weighted by molar-refractivity contribution is 5.94. The first-order valence-corrected chi connectivity index (χ1v) is 9.19. The molecule has 0 spiro atoms. The van der Waals surface area contributed by atoms with Crippen LogP contribution in [-0.4, -0.2) is 48.6 Å². The van der Waals surface area contributed by atoms with E-state index in [0.29, 0.717) is 18.7 Å². The first-order valence-electron chi connectivity index (χ1n) is 9.19. The van der Waals surface area contributed by atoms with Crippen LogP contribution in [0.1, 0.15) is 48.0 Å². The van der Waals surface area contributed by atoms with Crippen molar-refractivity contribution in [1.82, 2.24) is 10.2 Å². The number of rotatable bonds is 5. The number of halogens is 1. The Morgan fingerprint density at radius 1 is 1.12 bits per heavy atom. The molecule has 3 rings (SSSR count). The number of nitrogens with one attached hydrogen (secondary N) is 1. The molecule has 0 saturated carbocycles. The molecule has 0 unspecified atom stereocenters. The number of ether oxygens (including phenoxy) is 1. The Bertz CT molecular complexity index is 603. The number of hydrogen-bond donors (Lipinski definition) is 2. The predicted molar refractivity (Wildman–Crippen MR) is 102 cm³/mol. The molecule has 7 heteroatoms.